The predicted molar refractivity (Wildman–Crippen MR) is 85.7 cm³/mol. The lowest BCUT2D eigenvalue weighted by Crippen LogP contribution is -2.14. The molecule has 0 radical (unpaired) electrons. The Morgan fingerprint density at radius 3 is 2.57 bits per heavy atom. The second-order valence-electron chi connectivity index (χ2n) is 5.24. The van der Waals surface area contributed by atoms with E-state index in [0.29, 0.717) is 11.4 Å². The van der Waals surface area contributed by atoms with E-state index in [4.69, 9.17) is 5.11 Å². The predicted octanol–water partition coefficient (Wildman–Crippen LogP) is 2.52. The Balaban J connectivity index is 1.70. The molecule has 2 aromatic heterocycles. The summed E-state index contributed by atoms with van der Waals surface area (Å²) in [6, 6.07) is 11.8. The Kier molecular flexibility index (Phi) is 3.80. The van der Waals surface area contributed by atoms with Crippen molar-refractivity contribution in [2.45, 2.75) is 13.3 Å². The van der Waals surface area contributed by atoms with Crippen LogP contribution in [0.5, 0.6) is 0 Å². The highest BCUT2D eigenvalue weighted by Gasteiger charge is 2.09. The van der Waals surface area contributed by atoms with Crippen molar-refractivity contribution in [1.82, 2.24) is 9.38 Å². The number of carbonyl (C=O) groups excluding carboxylic acids is 1. The summed E-state index contributed by atoms with van der Waals surface area (Å²) in [7, 11) is 0. The third-order valence-corrected chi connectivity index (χ3v) is 3.50. The fraction of sp³-hybridized carbons (Fsp3) is 0.118. The topological polar surface area (TPSA) is 83.7 Å². The van der Waals surface area contributed by atoms with E-state index in [9.17, 15) is 9.59 Å². The van der Waals surface area contributed by atoms with Gasteiger partial charge in [-0.2, -0.15) is 0 Å². The molecule has 6 nitrogen and oxygen atoms in total. The minimum Gasteiger partial charge on any atom is -0.478 e. The molecule has 0 aliphatic carbocycles. The van der Waals surface area contributed by atoms with Crippen LogP contribution in [0.1, 0.15) is 21.7 Å². The van der Waals surface area contributed by atoms with Gasteiger partial charge in [0.1, 0.15) is 5.65 Å². The van der Waals surface area contributed by atoms with E-state index in [0.717, 1.165) is 11.3 Å². The molecular weight excluding hydrogens is 294 g/mol. The first-order valence-corrected chi connectivity index (χ1v) is 7.10. The SMILES string of the molecule is Cc1cccc2nc(CC(=O)Nc3ccc(C(=O)O)cc3)cn12. The van der Waals surface area contributed by atoms with E-state index in [1.165, 1.54) is 12.1 Å². The summed E-state index contributed by atoms with van der Waals surface area (Å²) in [5.74, 6) is -1.20. The molecule has 2 N–H and O–H groups in total. The van der Waals surface area contributed by atoms with E-state index in [1.807, 2.05) is 35.7 Å². The molecule has 23 heavy (non-hydrogen) atoms. The van der Waals surface area contributed by atoms with E-state index in [2.05, 4.69) is 10.3 Å². The van der Waals surface area contributed by atoms with Crippen LogP contribution in [-0.2, 0) is 11.2 Å². The molecule has 3 rings (SSSR count). The van der Waals surface area contributed by atoms with Crippen LogP contribution in [0.4, 0.5) is 5.69 Å². The van der Waals surface area contributed by atoms with Crippen molar-refractivity contribution in [2.75, 3.05) is 5.32 Å². The van der Waals surface area contributed by atoms with Gasteiger partial charge in [-0.05, 0) is 43.3 Å². The number of amides is 1. The van der Waals surface area contributed by atoms with E-state index in [-0.39, 0.29) is 17.9 Å². The molecule has 2 heterocycles. The first-order valence-electron chi connectivity index (χ1n) is 7.10. The standard InChI is InChI=1S/C17H15N3O3/c1-11-3-2-4-15-18-14(10-20(11)15)9-16(21)19-13-7-5-12(6-8-13)17(22)23/h2-8,10H,9H2,1H3,(H,19,21)(H,22,23). The van der Waals surface area contributed by atoms with Gasteiger partial charge in [-0.3, -0.25) is 4.79 Å². The van der Waals surface area contributed by atoms with Crippen LogP contribution in [0.3, 0.4) is 0 Å². The summed E-state index contributed by atoms with van der Waals surface area (Å²) in [4.78, 5) is 27.3. The van der Waals surface area contributed by atoms with Gasteiger partial charge in [-0.25, -0.2) is 9.78 Å². The summed E-state index contributed by atoms with van der Waals surface area (Å²) in [6.45, 7) is 1.97. The number of aromatic carboxylic acids is 1. The number of pyridine rings is 1. The first kappa shape index (κ1) is 14.8. The number of imidazole rings is 1. The first-order chi connectivity index (χ1) is 11.0. The average Bonchev–Trinajstić information content (AvgIpc) is 2.91. The molecule has 0 bridgehead atoms. The zero-order valence-electron chi connectivity index (χ0n) is 12.5. The van der Waals surface area contributed by atoms with Crippen LogP contribution < -0.4 is 5.32 Å². The number of aromatic nitrogens is 2. The number of nitrogens with zero attached hydrogens (tertiary/aromatic N) is 2. The highest BCUT2D eigenvalue weighted by atomic mass is 16.4. The number of carboxylic acids is 1. The quantitative estimate of drug-likeness (QED) is 0.775. The van der Waals surface area contributed by atoms with E-state index < -0.39 is 5.97 Å². The van der Waals surface area contributed by atoms with Crippen LogP contribution >= 0.6 is 0 Å². The highest BCUT2D eigenvalue weighted by Crippen LogP contribution is 2.12. The molecule has 3 aromatic rings. The molecule has 0 fully saturated rings. The molecule has 1 amide bonds. The molecule has 1 aromatic carbocycles. The number of hydrogen-bond donors (Lipinski definition) is 2. The lowest BCUT2D eigenvalue weighted by atomic mass is 10.2. The van der Waals surface area contributed by atoms with Crippen LogP contribution in [0.25, 0.3) is 5.65 Å². The van der Waals surface area contributed by atoms with Crippen molar-refractivity contribution in [3.63, 3.8) is 0 Å². The van der Waals surface area contributed by atoms with Crippen LogP contribution in [0.2, 0.25) is 0 Å². The number of benzene rings is 1. The van der Waals surface area contributed by atoms with Gasteiger partial charge in [-0.15, -0.1) is 0 Å². The van der Waals surface area contributed by atoms with Gasteiger partial charge < -0.3 is 14.8 Å². The van der Waals surface area contributed by atoms with Crippen LogP contribution in [-0.4, -0.2) is 26.4 Å². The summed E-state index contributed by atoms with van der Waals surface area (Å²) in [5.41, 5.74) is 3.27. The number of carbonyl (C=O) groups is 2. The Bertz CT molecular complexity index is 882. The highest BCUT2D eigenvalue weighted by molar-refractivity contribution is 5.93. The lowest BCUT2D eigenvalue weighted by molar-refractivity contribution is -0.115. The van der Waals surface area contributed by atoms with Crippen molar-refractivity contribution in [1.29, 1.82) is 0 Å². The van der Waals surface area contributed by atoms with Crippen molar-refractivity contribution < 1.29 is 14.7 Å². The van der Waals surface area contributed by atoms with E-state index in [1.54, 1.807) is 12.1 Å². The minimum atomic E-state index is -0.997. The molecular formula is C17H15N3O3. The zero-order chi connectivity index (χ0) is 16.4. The van der Waals surface area contributed by atoms with Crippen LogP contribution in [0, 0.1) is 6.92 Å². The van der Waals surface area contributed by atoms with Gasteiger partial charge >= 0.3 is 5.97 Å². The Morgan fingerprint density at radius 2 is 1.91 bits per heavy atom. The maximum atomic E-state index is 12.1. The molecule has 0 atom stereocenters. The minimum absolute atomic E-state index is 0.155. The monoisotopic (exact) mass is 309 g/mol. The number of anilines is 1. The zero-order valence-corrected chi connectivity index (χ0v) is 12.5. The molecule has 0 aliphatic rings. The Hall–Kier alpha value is -3.15. The van der Waals surface area contributed by atoms with Crippen molar-refractivity contribution in [3.05, 3.63) is 65.6 Å². The number of rotatable bonds is 4. The third-order valence-electron chi connectivity index (χ3n) is 3.50. The summed E-state index contributed by atoms with van der Waals surface area (Å²) < 4.78 is 1.93. The molecule has 6 heteroatoms. The Morgan fingerprint density at radius 1 is 1.17 bits per heavy atom. The van der Waals surface area contributed by atoms with E-state index >= 15 is 0 Å². The number of aryl methyl sites for hydroxylation is 1. The summed E-state index contributed by atoms with van der Waals surface area (Å²) in [6.07, 6.45) is 2.00. The number of nitrogens with one attached hydrogen (secondary N) is 1. The third kappa shape index (κ3) is 3.21. The van der Waals surface area contributed by atoms with Gasteiger partial charge in [0.15, 0.2) is 0 Å². The summed E-state index contributed by atoms with van der Waals surface area (Å²) in [5, 5.41) is 11.6. The van der Waals surface area contributed by atoms with Crippen molar-refractivity contribution >= 4 is 23.2 Å². The van der Waals surface area contributed by atoms with Gasteiger partial charge in [0, 0.05) is 17.6 Å². The van der Waals surface area contributed by atoms with Crippen molar-refractivity contribution in [2.24, 2.45) is 0 Å². The maximum Gasteiger partial charge on any atom is 0.335 e. The van der Waals surface area contributed by atoms with Crippen molar-refractivity contribution in [3.8, 4) is 0 Å². The summed E-state index contributed by atoms with van der Waals surface area (Å²) >= 11 is 0. The van der Waals surface area contributed by atoms with Gasteiger partial charge in [-0.1, -0.05) is 6.07 Å². The molecule has 116 valence electrons. The molecule has 0 saturated heterocycles. The van der Waals surface area contributed by atoms with Gasteiger partial charge in [0.25, 0.3) is 0 Å². The molecule has 0 spiro atoms. The largest absolute Gasteiger partial charge is 0.478 e. The fourth-order valence-electron chi connectivity index (χ4n) is 2.35. The Labute approximate surface area is 132 Å². The number of fused-ring (bicyclic) bond motifs is 1. The average molecular weight is 309 g/mol. The van der Waals surface area contributed by atoms with Gasteiger partial charge in [0.05, 0.1) is 17.7 Å². The normalized spacial score (nSPS) is 10.7. The molecule has 0 unspecified atom stereocenters. The number of hydrogen-bond acceptors (Lipinski definition) is 3. The smallest absolute Gasteiger partial charge is 0.335 e. The maximum absolute atomic E-state index is 12.1. The fourth-order valence-corrected chi connectivity index (χ4v) is 2.35. The molecule has 0 saturated carbocycles. The second-order valence-corrected chi connectivity index (χ2v) is 5.24. The second kappa shape index (κ2) is 5.92. The lowest BCUT2D eigenvalue weighted by Gasteiger charge is -2.04. The van der Waals surface area contributed by atoms with Crippen LogP contribution in [0.15, 0.2) is 48.7 Å². The number of carboxylic acid groups (broad SMARTS) is 1. The molecule has 0 aliphatic heterocycles. The van der Waals surface area contributed by atoms with Gasteiger partial charge in [0.2, 0.25) is 5.91 Å².